The molecule has 2 unspecified atom stereocenters. The Labute approximate surface area is 124 Å². The first-order valence-corrected chi connectivity index (χ1v) is 7.18. The number of hydrogen-bond donors (Lipinski definition) is 4. The second kappa shape index (κ2) is 5.88. The first-order valence-electron chi connectivity index (χ1n) is 6.37. The number of anilines is 2. The molecule has 1 aliphatic rings. The Bertz CT molecular complexity index is 563. The van der Waals surface area contributed by atoms with E-state index in [1.165, 1.54) is 0 Å². The summed E-state index contributed by atoms with van der Waals surface area (Å²) in [5.74, 6) is -1.40. The molecule has 1 saturated heterocycles. The fourth-order valence-electron chi connectivity index (χ4n) is 2.17. The van der Waals surface area contributed by atoms with Gasteiger partial charge in [0.2, 0.25) is 0 Å². The van der Waals surface area contributed by atoms with Crippen molar-refractivity contribution in [3.63, 3.8) is 0 Å². The van der Waals surface area contributed by atoms with Crippen molar-refractivity contribution < 1.29 is 24.5 Å². The van der Waals surface area contributed by atoms with Crippen LogP contribution in [0.15, 0.2) is 0 Å². The standard InChI is InChI=1S/C12H17N3O5S/c1-2-20-12(19)7-8(13)9(10(14)18)21-11(7)15-3-5(16)6(17)4-15/h5-6,16-17H,2-4,13H2,1H3,(H2,14,18). The molecule has 1 fully saturated rings. The van der Waals surface area contributed by atoms with E-state index in [9.17, 15) is 19.8 Å². The van der Waals surface area contributed by atoms with Crippen LogP contribution in [0.3, 0.4) is 0 Å². The van der Waals surface area contributed by atoms with Crippen LogP contribution in [0.5, 0.6) is 0 Å². The van der Waals surface area contributed by atoms with Crippen LogP contribution in [0, 0.1) is 0 Å². The fourth-order valence-corrected chi connectivity index (χ4v) is 3.25. The molecule has 0 bridgehead atoms. The Balaban J connectivity index is 2.46. The summed E-state index contributed by atoms with van der Waals surface area (Å²) in [6.45, 7) is 2.07. The lowest BCUT2D eigenvalue weighted by Gasteiger charge is -2.17. The van der Waals surface area contributed by atoms with Crippen LogP contribution in [0.4, 0.5) is 10.7 Å². The van der Waals surface area contributed by atoms with Crippen molar-refractivity contribution >= 4 is 33.9 Å². The summed E-state index contributed by atoms with van der Waals surface area (Å²) in [7, 11) is 0. The average molecular weight is 315 g/mol. The molecule has 9 heteroatoms. The largest absolute Gasteiger partial charge is 0.462 e. The zero-order valence-electron chi connectivity index (χ0n) is 11.4. The van der Waals surface area contributed by atoms with Gasteiger partial charge < -0.3 is 31.3 Å². The summed E-state index contributed by atoms with van der Waals surface area (Å²) in [6, 6.07) is 0. The summed E-state index contributed by atoms with van der Waals surface area (Å²) >= 11 is 0.953. The van der Waals surface area contributed by atoms with Crippen molar-refractivity contribution in [2.24, 2.45) is 5.73 Å². The molecule has 21 heavy (non-hydrogen) atoms. The van der Waals surface area contributed by atoms with Gasteiger partial charge in [-0.05, 0) is 6.92 Å². The summed E-state index contributed by atoms with van der Waals surface area (Å²) in [6.07, 6.45) is -1.86. The molecule has 8 nitrogen and oxygen atoms in total. The van der Waals surface area contributed by atoms with Gasteiger partial charge in [-0.2, -0.15) is 0 Å². The summed E-state index contributed by atoms with van der Waals surface area (Å²) < 4.78 is 4.94. The Morgan fingerprint density at radius 1 is 1.38 bits per heavy atom. The van der Waals surface area contributed by atoms with E-state index in [0.717, 1.165) is 11.3 Å². The third kappa shape index (κ3) is 2.80. The Kier molecular flexibility index (Phi) is 4.35. The molecular weight excluding hydrogens is 298 g/mol. The van der Waals surface area contributed by atoms with Gasteiger partial charge in [0.15, 0.2) is 0 Å². The van der Waals surface area contributed by atoms with Crippen LogP contribution in [0.1, 0.15) is 27.0 Å². The highest BCUT2D eigenvalue weighted by molar-refractivity contribution is 7.19. The lowest BCUT2D eigenvalue weighted by Crippen LogP contribution is -2.22. The van der Waals surface area contributed by atoms with Crippen molar-refractivity contribution in [2.45, 2.75) is 19.1 Å². The molecule has 1 aliphatic heterocycles. The Morgan fingerprint density at radius 2 is 1.95 bits per heavy atom. The number of rotatable bonds is 4. The quantitative estimate of drug-likeness (QED) is 0.530. The third-order valence-corrected chi connectivity index (χ3v) is 4.46. The minimum atomic E-state index is -0.930. The van der Waals surface area contributed by atoms with Crippen LogP contribution >= 0.6 is 11.3 Å². The van der Waals surface area contributed by atoms with Crippen LogP contribution in [-0.2, 0) is 4.74 Å². The van der Waals surface area contributed by atoms with Crippen LogP contribution in [0.25, 0.3) is 0 Å². The highest BCUT2D eigenvalue weighted by Gasteiger charge is 2.35. The maximum Gasteiger partial charge on any atom is 0.343 e. The molecule has 0 spiro atoms. The number of β-amino-alcohol motifs (C(OH)–C–C–N with tert-alkyl or cyclic N) is 2. The van der Waals surface area contributed by atoms with Gasteiger partial charge in [0, 0.05) is 13.1 Å². The van der Waals surface area contributed by atoms with Crippen LogP contribution in [0.2, 0.25) is 0 Å². The van der Waals surface area contributed by atoms with E-state index < -0.39 is 24.1 Å². The van der Waals surface area contributed by atoms with E-state index in [0.29, 0.717) is 5.00 Å². The molecule has 2 rings (SSSR count). The minimum absolute atomic E-state index is 0.0307. The molecule has 0 saturated carbocycles. The fraction of sp³-hybridized carbons (Fsp3) is 0.500. The second-order valence-electron chi connectivity index (χ2n) is 4.65. The number of ether oxygens (including phenoxy) is 1. The number of aliphatic hydroxyl groups is 2. The molecule has 116 valence electrons. The summed E-state index contributed by atoms with van der Waals surface area (Å²) in [4.78, 5) is 25.1. The van der Waals surface area contributed by atoms with E-state index in [1.54, 1.807) is 11.8 Å². The number of amides is 1. The lowest BCUT2D eigenvalue weighted by molar-refractivity contribution is 0.0528. The van der Waals surface area contributed by atoms with Gasteiger partial charge in [0.1, 0.15) is 15.4 Å². The van der Waals surface area contributed by atoms with E-state index in [1.807, 2.05) is 0 Å². The highest BCUT2D eigenvalue weighted by atomic mass is 32.1. The predicted molar refractivity (Wildman–Crippen MR) is 77.4 cm³/mol. The number of carbonyl (C=O) groups excluding carboxylic acids is 2. The van der Waals surface area contributed by atoms with E-state index >= 15 is 0 Å². The number of esters is 1. The molecular formula is C12H17N3O5S. The third-order valence-electron chi connectivity index (χ3n) is 3.18. The zero-order valence-corrected chi connectivity index (χ0v) is 12.2. The first kappa shape index (κ1) is 15.5. The molecule has 1 aromatic rings. The zero-order chi connectivity index (χ0) is 15.7. The molecule has 6 N–H and O–H groups in total. The minimum Gasteiger partial charge on any atom is -0.462 e. The molecule has 2 atom stereocenters. The maximum atomic E-state index is 12.0. The highest BCUT2D eigenvalue weighted by Crippen LogP contribution is 2.40. The van der Waals surface area contributed by atoms with Gasteiger partial charge in [-0.3, -0.25) is 4.79 Å². The number of hydrogen-bond acceptors (Lipinski definition) is 8. The molecule has 0 aromatic carbocycles. The van der Waals surface area contributed by atoms with Gasteiger partial charge in [0.25, 0.3) is 5.91 Å². The monoisotopic (exact) mass is 315 g/mol. The summed E-state index contributed by atoms with van der Waals surface area (Å²) in [5, 5.41) is 19.6. The Morgan fingerprint density at radius 3 is 2.43 bits per heavy atom. The Hall–Kier alpha value is -1.84. The smallest absolute Gasteiger partial charge is 0.343 e. The number of carbonyl (C=O) groups is 2. The first-order chi connectivity index (χ1) is 9.86. The number of thiophene rings is 1. The van der Waals surface area contributed by atoms with Crippen molar-refractivity contribution in [1.29, 1.82) is 0 Å². The van der Waals surface area contributed by atoms with Crippen molar-refractivity contribution in [3.8, 4) is 0 Å². The van der Waals surface area contributed by atoms with E-state index in [2.05, 4.69) is 0 Å². The second-order valence-corrected chi connectivity index (χ2v) is 5.65. The van der Waals surface area contributed by atoms with Gasteiger partial charge >= 0.3 is 5.97 Å². The normalized spacial score (nSPS) is 21.6. The van der Waals surface area contributed by atoms with Crippen molar-refractivity contribution in [2.75, 3.05) is 30.3 Å². The van der Waals surface area contributed by atoms with E-state index in [-0.39, 0.29) is 35.8 Å². The molecule has 2 heterocycles. The average Bonchev–Trinajstić information content (AvgIpc) is 2.91. The summed E-state index contributed by atoms with van der Waals surface area (Å²) in [5.41, 5.74) is 11.1. The van der Waals surface area contributed by atoms with Crippen LogP contribution < -0.4 is 16.4 Å². The number of nitrogen functional groups attached to an aromatic ring is 1. The van der Waals surface area contributed by atoms with Crippen molar-refractivity contribution in [1.82, 2.24) is 0 Å². The maximum absolute atomic E-state index is 12.0. The van der Waals surface area contributed by atoms with Gasteiger partial charge in [-0.15, -0.1) is 11.3 Å². The SMILES string of the molecule is CCOC(=O)c1c(N2CC(O)C(O)C2)sc(C(N)=O)c1N. The topological polar surface area (TPSA) is 139 Å². The molecule has 0 radical (unpaired) electrons. The predicted octanol–water partition coefficient (Wildman–Crippen LogP) is -0.852. The molecule has 1 aromatic heterocycles. The van der Waals surface area contributed by atoms with Gasteiger partial charge in [0.05, 0.1) is 24.5 Å². The van der Waals surface area contributed by atoms with Crippen LogP contribution in [-0.4, -0.2) is 54.0 Å². The van der Waals surface area contributed by atoms with E-state index in [4.69, 9.17) is 16.2 Å². The number of nitrogens with zero attached hydrogens (tertiary/aromatic N) is 1. The number of nitrogens with two attached hydrogens (primary N) is 2. The van der Waals surface area contributed by atoms with Crippen molar-refractivity contribution in [3.05, 3.63) is 10.4 Å². The molecule has 1 amide bonds. The van der Waals surface area contributed by atoms with Gasteiger partial charge in [-0.25, -0.2) is 4.79 Å². The lowest BCUT2D eigenvalue weighted by atomic mass is 10.2. The van der Waals surface area contributed by atoms with Gasteiger partial charge in [-0.1, -0.05) is 0 Å². The molecule has 0 aliphatic carbocycles. The number of aliphatic hydroxyl groups excluding tert-OH is 2. The number of primary amides is 1.